The molecule has 0 amide bonds. The van der Waals surface area contributed by atoms with Gasteiger partial charge in [0.15, 0.2) is 12.6 Å². The van der Waals surface area contributed by atoms with Crippen LogP contribution in [-0.2, 0) is 9.47 Å². The molecule has 1 aliphatic heterocycles. The Kier molecular flexibility index (Phi) is 2.11. The summed E-state index contributed by atoms with van der Waals surface area (Å²) in [5.74, 6) is 0.534. The standard InChI is InChI=1S/C8H14O3/c9-7-5-10-8(11-7)6-3-1-2-4-6/h6-9H,1-5H2. The van der Waals surface area contributed by atoms with Crippen LogP contribution in [0.3, 0.4) is 0 Å². The summed E-state index contributed by atoms with van der Waals surface area (Å²) < 4.78 is 10.5. The highest BCUT2D eigenvalue weighted by atomic mass is 16.8. The lowest BCUT2D eigenvalue weighted by Crippen LogP contribution is -2.19. The van der Waals surface area contributed by atoms with Crippen LogP contribution < -0.4 is 0 Å². The second-order valence-electron chi connectivity index (χ2n) is 3.34. The average molecular weight is 158 g/mol. The molecule has 11 heavy (non-hydrogen) atoms. The van der Waals surface area contributed by atoms with Gasteiger partial charge < -0.3 is 14.6 Å². The Morgan fingerprint density at radius 3 is 2.45 bits per heavy atom. The van der Waals surface area contributed by atoms with Crippen molar-refractivity contribution in [3.63, 3.8) is 0 Å². The Hall–Kier alpha value is -0.120. The van der Waals surface area contributed by atoms with Gasteiger partial charge in [-0.15, -0.1) is 0 Å². The fourth-order valence-corrected chi connectivity index (χ4v) is 1.89. The normalized spacial score (nSPS) is 40.1. The minimum absolute atomic E-state index is 0.118. The topological polar surface area (TPSA) is 38.7 Å². The summed E-state index contributed by atoms with van der Waals surface area (Å²) >= 11 is 0. The van der Waals surface area contributed by atoms with Gasteiger partial charge in [0.25, 0.3) is 0 Å². The van der Waals surface area contributed by atoms with Crippen LogP contribution in [0.25, 0.3) is 0 Å². The fourth-order valence-electron chi connectivity index (χ4n) is 1.89. The lowest BCUT2D eigenvalue weighted by atomic mass is 10.1. The Balaban J connectivity index is 1.85. The molecule has 3 heteroatoms. The largest absolute Gasteiger partial charge is 0.366 e. The molecule has 1 N–H and O–H groups in total. The second kappa shape index (κ2) is 3.09. The van der Waals surface area contributed by atoms with E-state index in [9.17, 15) is 0 Å². The molecule has 1 heterocycles. The van der Waals surface area contributed by atoms with Crippen LogP contribution in [0.4, 0.5) is 0 Å². The first-order chi connectivity index (χ1) is 5.36. The van der Waals surface area contributed by atoms with Crippen LogP contribution in [0, 0.1) is 5.92 Å². The summed E-state index contributed by atoms with van der Waals surface area (Å²) in [6.07, 6.45) is 4.15. The van der Waals surface area contributed by atoms with Gasteiger partial charge in [-0.2, -0.15) is 0 Å². The first kappa shape index (κ1) is 7.53. The Morgan fingerprint density at radius 2 is 1.91 bits per heavy atom. The molecule has 2 fully saturated rings. The van der Waals surface area contributed by atoms with Gasteiger partial charge in [-0.3, -0.25) is 0 Å². The Morgan fingerprint density at radius 1 is 1.18 bits per heavy atom. The van der Waals surface area contributed by atoms with Gasteiger partial charge in [0.05, 0.1) is 0 Å². The number of ether oxygens (including phenoxy) is 2. The van der Waals surface area contributed by atoms with E-state index in [4.69, 9.17) is 14.6 Å². The Labute approximate surface area is 66.3 Å². The molecule has 1 saturated heterocycles. The third kappa shape index (κ3) is 1.55. The first-order valence-corrected chi connectivity index (χ1v) is 4.31. The van der Waals surface area contributed by atoms with Gasteiger partial charge in [-0.1, -0.05) is 12.8 Å². The molecule has 64 valence electrons. The van der Waals surface area contributed by atoms with Crippen LogP contribution in [0.2, 0.25) is 0 Å². The second-order valence-corrected chi connectivity index (χ2v) is 3.34. The predicted molar refractivity (Wildman–Crippen MR) is 38.8 cm³/mol. The van der Waals surface area contributed by atoms with Crippen molar-refractivity contribution in [3.05, 3.63) is 0 Å². The molecule has 1 saturated carbocycles. The third-order valence-corrected chi connectivity index (χ3v) is 2.48. The molecule has 2 aliphatic rings. The lowest BCUT2D eigenvalue weighted by molar-refractivity contribution is -0.138. The summed E-state index contributed by atoms with van der Waals surface area (Å²) in [5, 5.41) is 9.01. The molecule has 0 spiro atoms. The molecular weight excluding hydrogens is 144 g/mol. The van der Waals surface area contributed by atoms with E-state index < -0.39 is 6.29 Å². The zero-order chi connectivity index (χ0) is 7.68. The number of aliphatic hydroxyl groups excluding tert-OH is 1. The lowest BCUT2D eigenvalue weighted by Gasteiger charge is -2.15. The average Bonchev–Trinajstić information content (AvgIpc) is 2.55. The highest BCUT2D eigenvalue weighted by molar-refractivity contribution is 4.73. The van der Waals surface area contributed by atoms with E-state index in [0.29, 0.717) is 12.5 Å². The van der Waals surface area contributed by atoms with Gasteiger partial charge in [-0.25, -0.2) is 0 Å². The summed E-state index contributed by atoms with van der Waals surface area (Å²) in [6, 6.07) is 0. The zero-order valence-corrected chi connectivity index (χ0v) is 6.53. The van der Waals surface area contributed by atoms with E-state index >= 15 is 0 Å². The van der Waals surface area contributed by atoms with E-state index in [-0.39, 0.29) is 6.29 Å². The maximum Gasteiger partial charge on any atom is 0.181 e. The van der Waals surface area contributed by atoms with E-state index in [2.05, 4.69) is 0 Å². The number of aliphatic hydroxyl groups is 1. The third-order valence-electron chi connectivity index (χ3n) is 2.48. The van der Waals surface area contributed by atoms with Crippen molar-refractivity contribution in [1.82, 2.24) is 0 Å². The van der Waals surface area contributed by atoms with Crippen molar-refractivity contribution in [2.24, 2.45) is 5.92 Å². The molecule has 0 bridgehead atoms. The van der Waals surface area contributed by atoms with E-state index in [1.165, 1.54) is 25.7 Å². The highest BCUT2D eigenvalue weighted by Gasteiger charge is 2.32. The molecule has 0 aromatic rings. The van der Waals surface area contributed by atoms with Crippen molar-refractivity contribution in [2.75, 3.05) is 6.61 Å². The smallest absolute Gasteiger partial charge is 0.181 e. The number of hydrogen-bond donors (Lipinski definition) is 1. The van der Waals surface area contributed by atoms with Gasteiger partial charge in [0, 0.05) is 5.92 Å². The summed E-state index contributed by atoms with van der Waals surface area (Å²) in [6.45, 7) is 0.348. The van der Waals surface area contributed by atoms with Crippen molar-refractivity contribution in [3.8, 4) is 0 Å². The fraction of sp³-hybridized carbons (Fsp3) is 1.00. The van der Waals surface area contributed by atoms with E-state index in [1.807, 2.05) is 0 Å². The van der Waals surface area contributed by atoms with Crippen molar-refractivity contribution < 1.29 is 14.6 Å². The van der Waals surface area contributed by atoms with E-state index in [1.54, 1.807) is 0 Å². The summed E-state index contributed by atoms with van der Waals surface area (Å²) in [5.41, 5.74) is 0. The molecule has 2 unspecified atom stereocenters. The molecule has 2 atom stereocenters. The minimum atomic E-state index is -0.680. The number of hydrogen-bond acceptors (Lipinski definition) is 3. The van der Waals surface area contributed by atoms with Crippen LogP contribution >= 0.6 is 0 Å². The maximum absolute atomic E-state index is 9.01. The summed E-state index contributed by atoms with van der Waals surface area (Å²) in [7, 11) is 0. The van der Waals surface area contributed by atoms with Crippen molar-refractivity contribution >= 4 is 0 Å². The molecular formula is C8H14O3. The maximum atomic E-state index is 9.01. The van der Waals surface area contributed by atoms with Gasteiger partial charge in [0.1, 0.15) is 6.61 Å². The van der Waals surface area contributed by atoms with Crippen LogP contribution in [0.5, 0.6) is 0 Å². The molecule has 0 radical (unpaired) electrons. The Bertz CT molecular complexity index is 131. The zero-order valence-electron chi connectivity index (χ0n) is 6.53. The van der Waals surface area contributed by atoms with Gasteiger partial charge in [-0.05, 0) is 12.8 Å². The molecule has 0 aromatic heterocycles. The van der Waals surface area contributed by atoms with Crippen LogP contribution in [0.1, 0.15) is 25.7 Å². The van der Waals surface area contributed by atoms with Crippen molar-refractivity contribution in [2.45, 2.75) is 38.3 Å². The quantitative estimate of drug-likeness (QED) is 0.615. The van der Waals surface area contributed by atoms with Gasteiger partial charge in [0.2, 0.25) is 0 Å². The molecule has 1 aliphatic carbocycles. The minimum Gasteiger partial charge on any atom is -0.366 e. The van der Waals surface area contributed by atoms with Crippen LogP contribution in [-0.4, -0.2) is 24.3 Å². The molecule has 2 rings (SSSR count). The number of rotatable bonds is 1. The molecule has 3 nitrogen and oxygen atoms in total. The SMILES string of the molecule is OC1COC(C2CCCC2)O1. The molecule has 0 aromatic carbocycles. The van der Waals surface area contributed by atoms with Crippen LogP contribution in [0.15, 0.2) is 0 Å². The first-order valence-electron chi connectivity index (χ1n) is 4.31. The van der Waals surface area contributed by atoms with Crippen molar-refractivity contribution in [1.29, 1.82) is 0 Å². The monoisotopic (exact) mass is 158 g/mol. The predicted octanol–water partition coefficient (Wildman–Crippen LogP) is 0.868. The summed E-state index contributed by atoms with van der Waals surface area (Å²) in [4.78, 5) is 0. The van der Waals surface area contributed by atoms with E-state index in [0.717, 1.165) is 0 Å². The van der Waals surface area contributed by atoms with Gasteiger partial charge >= 0.3 is 0 Å². The highest BCUT2D eigenvalue weighted by Crippen LogP contribution is 2.32.